The van der Waals surface area contributed by atoms with E-state index in [0.29, 0.717) is 12.4 Å². The fraction of sp³-hybridized carbons (Fsp3) is 0.0800. The number of hydrogen-bond acceptors (Lipinski definition) is 5. The zero-order valence-corrected chi connectivity index (χ0v) is 18.4. The molecule has 0 unspecified atom stereocenters. The number of rotatable bonds is 5. The molecule has 5 rings (SSSR count). The smallest absolute Gasteiger partial charge is 0.130 e. The first-order chi connectivity index (χ1) is 15.1. The molecule has 6 heteroatoms. The predicted octanol–water partition coefficient (Wildman–Crippen LogP) is 6.99. The molecule has 3 aromatic heterocycles. The van der Waals surface area contributed by atoms with Crippen molar-refractivity contribution in [2.45, 2.75) is 13.5 Å². The van der Waals surface area contributed by atoms with Crippen molar-refractivity contribution in [3.05, 3.63) is 95.5 Å². The van der Waals surface area contributed by atoms with Crippen LogP contribution in [0.3, 0.4) is 0 Å². The summed E-state index contributed by atoms with van der Waals surface area (Å²) in [5.41, 5.74) is 4.04. The molecule has 5 aromatic rings. The van der Waals surface area contributed by atoms with Gasteiger partial charge in [-0.1, -0.05) is 41.9 Å². The van der Waals surface area contributed by atoms with Crippen molar-refractivity contribution in [3.8, 4) is 21.7 Å². The number of pyridine rings is 1. The Morgan fingerprint density at radius 1 is 0.903 bits per heavy atom. The third-order valence-corrected chi connectivity index (χ3v) is 6.39. The van der Waals surface area contributed by atoms with Crippen LogP contribution < -0.4 is 5.32 Å². The average Bonchev–Trinajstić information content (AvgIpc) is 3.23. The van der Waals surface area contributed by atoms with Gasteiger partial charge in [0.05, 0.1) is 5.69 Å². The number of halogens is 1. The summed E-state index contributed by atoms with van der Waals surface area (Å²) in [7, 11) is 0. The van der Waals surface area contributed by atoms with E-state index in [9.17, 15) is 0 Å². The monoisotopic (exact) mass is 442 g/mol. The first kappa shape index (κ1) is 19.7. The van der Waals surface area contributed by atoms with Crippen molar-refractivity contribution in [2.75, 3.05) is 5.32 Å². The molecule has 0 saturated heterocycles. The molecular weight excluding hydrogens is 424 g/mol. The van der Waals surface area contributed by atoms with Crippen LogP contribution in [0.1, 0.15) is 11.4 Å². The molecule has 0 bridgehead atoms. The summed E-state index contributed by atoms with van der Waals surface area (Å²) in [5.74, 6) is 1.49. The van der Waals surface area contributed by atoms with Crippen LogP contribution in [0, 0.1) is 6.92 Å². The van der Waals surface area contributed by atoms with Gasteiger partial charge in [0.1, 0.15) is 11.6 Å². The van der Waals surface area contributed by atoms with Crippen molar-refractivity contribution in [2.24, 2.45) is 0 Å². The van der Waals surface area contributed by atoms with Crippen molar-refractivity contribution < 1.29 is 0 Å². The molecule has 4 nitrogen and oxygen atoms in total. The average molecular weight is 443 g/mol. The maximum atomic E-state index is 5.97. The molecule has 152 valence electrons. The molecule has 0 atom stereocenters. The summed E-state index contributed by atoms with van der Waals surface area (Å²) in [5, 5.41) is 5.36. The van der Waals surface area contributed by atoms with E-state index in [1.165, 1.54) is 15.0 Å². The Balaban J connectivity index is 1.43. The maximum absolute atomic E-state index is 5.97. The lowest BCUT2D eigenvalue weighted by atomic mass is 10.1. The Hall–Kier alpha value is -3.28. The summed E-state index contributed by atoms with van der Waals surface area (Å²) in [6.45, 7) is 2.56. The van der Waals surface area contributed by atoms with E-state index < -0.39 is 0 Å². The van der Waals surface area contributed by atoms with Crippen LogP contribution in [0.15, 0.2) is 79.1 Å². The molecule has 0 fully saturated rings. The second-order valence-corrected chi connectivity index (χ2v) is 8.80. The molecule has 0 aliphatic rings. The predicted molar refractivity (Wildman–Crippen MR) is 130 cm³/mol. The number of anilines is 1. The van der Waals surface area contributed by atoms with Gasteiger partial charge in [-0.3, -0.25) is 4.98 Å². The number of aryl methyl sites for hydroxylation is 1. The third-order valence-electron chi connectivity index (χ3n) is 4.97. The first-order valence-electron chi connectivity index (χ1n) is 9.92. The Bertz CT molecular complexity index is 1330. The van der Waals surface area contributed by atoms with Crippen LogP contribution in [-0.2, 0) is 6.54 Å². The molecule has 3 heterocycles. The highest BCUT2D eigenvalue weighted by Gasteiger charge is 2.09. The number of nitrogens with one attached hydrogen (secondary N) is 1. The topological polar surface area (TPSA) is 50.7 Å². The van der Waals surface area contributed by atoms with E-state index >= 15 is 0 Å². The lowest BCUT2D eigenvalue weighted by molar-refractivity contribution is 1.03. The number of fused-ring (bicyclic) bond motifs is 1. The van der Waals surface area contributed by atoms with Gasteiger partial charge >= 0.3 is 0 Å². The number of thiophene rings is 1. The van der Waals surface area contributed by atoms with Crippen LogP contribution in [0.4, 0.5) is 5.82 Å². The van der Waals surface area contributed by atoms with Gasteiger partial charge in [0.25, 0.3) is 0 Å². The molecule has 0 amide bonds. The standard InChI is InChI=1S/C25H19ClN4S/c1-16-29-22(12-25(30-16)28-13-17-6-8-21(26)9-7-17)19-10-20(15-27-14-19)24-11-18-4-2-3-5-23(18)31-24/h2-12,14-15H,13H2,1H3,(H,28,29,30). The molecule has 0 radical (unpaired) electrons. The lowest BCUT2D eigenvalue weighted by Crippen LogP contribution is -2.04. The highest BCUT2D eigenvalue weighted by Crippen LogP contribution is 2.34. The van der Waals surface area contributed by atoms with Crippen LogP contribution in [0.5, 0.6) is 0 Å². The van der Waals surface area contributed by atoms with Crippen molar-refractivity contribution in [1.82, 2.24) is 15.0 Å². The molecule has 31 heavy (non-hydrogen) atoms. The highest BCUT2D eigenvalue weighted by molar-refractivity contribution is 7.22. The van der Waals surface area contributed by atoms with E-state index in [2.05, 4.69) is 56.7 Å². The molecule has 0 saturated carbocycles. The Labute approximate surface area is 189 Å². The van der Waals surface area contributed by atoms with Gasteiger partial charge in [-0.05, 0) is 48.2 Å². The van der Waals surface area contributed by atoms with Crippen LogP contribution in [0.2, 0.25) is 5.02 Å². The van der Waals surface area contributed by atoms with Crippen molar-refractivity contribution >= 4 is 38.8 Å². The van der Waals surface area contributed by atoms with Gasteiger partial charge in [0.15, 0.2) is 0 Å². The van der Waals surface area contributed by atoms with Gasteiger partial charge in [-0.25, -0.2) is 9.97 Å². The number of benzene rings is 2. The van der Waals surface area contributed by atoms with E-state index in [1.807, 2.05) is 49.6 Å². The largest absolute Gasteiger partial charge is 0.366 e. The molecule has 0 spiro atoms. The minimum atomic E-state index is 0.660. The zero-order valence-electron chi connectivity index (χ0n) is 16.8. The normalized spacial score (nSPS) is 11.0. The van der Waals surface area contributed by atoms with Gasteiger partial charge in [-0.2, -0.15) is 0 Å². The molecule has 0 aliphatic heterocycles. The molecule has 1 N–H and O–H groups in total. The van der Waals surface area contributed by atoms with Gasteiger partial charge in [0, 0.05) is 50.7 Å². The lowest BCUT2D eigenvalue weighted by Gasteiger charge is -2.09. The van der Waals surface area contributed by atoms with Crippen molar-refractivity contribution in [1.29, 1.82) is 0 Å². The minimum Gasteiger partial charge on any atom is -0.366 e. The van der Waals surface area contributed by atoms with Crippen LogP contribution in [-0.4, -0.2) is 15.0 Å². The van der Waals surface area contributed by atoms with E-state index in [1.54, 1.807) is 11.3 Å². The van der Waals surface area contributed by atoms with Gasteiger partial charge < -0.3 is 5.32 Å². The number of nitrogens with zero attached hydrogens (tertiary/aromatic N) is 3. The Morgan fingerprint density at radius 3 is 2.55 bits per heavy atom. The third kappa shape index (κ3) is 4.43. The fourth-order valence-electron chi connectivity index (χ4n) is 3.44. The van der Waals surface area contributed by atoms with E-state index in [4.69, 9.17) is 11.6 Å². The van der Waals surface area contributed by atoms with Crippen LogP contribution in [0.25, 0.3) is 31.8 Å². The van der Waals surface area contributed by atoms with E-state index in [-0.39, 0.29) is 0 Å². The second kappa shape index (κ2) is 8.46. The van der Waals surface area contributed by atoms with Gasteiger partial charge in [0.2, 0.25) is 0 Å². The summed E-state index contributed by atoms with van der Waals surface area (Å²) < 4.78 is 1.27. The SMILES string of the molecule is Cc1nc(NCc2ccc(Cl)cc2)cc(-c2cncc(-c3cc4ccccc4s3)c2)n1. The zero-order chi connectivity index (χ0) is 21.2. The van der Waals surface area contributed by atoms with Gasteiger partial charge in [-0.15, -0.1) is 11.3 Å². The Morgan fingerprint density at radius 2 is 1.71 bits per heavy atom. The second-order valence-electron chi connectivity index (χ2n) is 7.28. The fourth-order valence-corrected chi connectivity index (χ4v) is 4.61. The first-order valence-corrected chi connectivity index (χ1v) is 11.1. The number of hydrogen-bond donors (Lipinski definition) is 1. The quantitative estimate of drug-likeness (QED) is 0.318. The Kier molecular flexibility index (Phi) is 5.37. The summed E-state index contributed by atoms with van der Waals surface area (Å²) in [4.78, 5) is 14.9. The van der Waals surface area contributed by atoms with Crippen molar-refractivity contribution in [3.63, 3.8) is 0 Å². The molecular formula is C25H19ClN4S. The number of aromatic nitrogens is 3. The summed E-state index contributed by atoms with van der Waals surface area (Å²) in [6.07, 6.45) is 3.75. The molecule has 2 aromatic carbocycles. The molecule has 0 aliphatic carbocycles. The minimum absolute atomic E-state index is 0.660. The highest BCUT2D eigenvalue weighted by atomic mass is 35.5. The summed E-state index contributed by atoms with van der Waals surface area (Å²) >= 11 is 7.74. The van der Waals surface area contributed by atoms with E-state index in [0.717, 1.165) is 33.2 Å². The van der Waals surface area contributed by atoms with Crippen LogP contribution >= 0.6 is 22.9 Å². The summed E-state index contributed by atoms with van der Waals surface area (Å²) in [6, 6.07) is 22.5. The maximum Gasteiger partial charge on any atom is 0.130 e.